The molecular weight excluding hydrogens is 228 g/mol. The second-order valence-electron chi connectivity index (χ2n) is 4.26. The van der Waals surface area contributed by atoms with Crippen molar-refractivity contribution in [1.82, 2.24) is 9.97 Å². The molecule has 0 fully saturated rings. The van der Waals surface area contributed by atoms with E-state index in [-0.39, 0.29) is 5.56 Å². The number of aromatic nitrogens is 2. The normalized spacial score (nSPS) is 11.0. The van der Waals surface area contributed by atoms with Crippen LogP contribution in [0.2, 0.25) is 0 Å². The number of benzene rings is 1. The van der Waals surface area contributed by atoms with E-state index in [1.165, 1.54) is 0 Å². The lowest BCUT2D eigenvalue weighted by Gasteiger charge is -2.04. The summed E-state index contributed by atoms with van der Waals surface area (Å²) in [5.74, 6) is 0.760. The van der Waals surface area contributed by atoms with E-state index in [1.807, 2.05) is 37.3 Å². The Balaban J connectivity index is 2.43. The molecule has 0 aliphatic heterocycles. The van der Waals surface area contributed by atoms with Crippen molar-refractivity contribution < 1.29 is 4.74 Å². The molecular formula is C14H12N2O2. The number of rotatable bonds is 1. The molecule has 0 saturated heterocycles. The van der Waals surface area contributed by atoms with Crippen LogP contribution in [0.4, 0.5) is 0 Å². The van der Waals surface area contributed by atoms with Crippen molar-refractivity contribution in [1.29, 1.82) is 0 Å². The fourth-order valence-corrected chi connectivity index (χ4v) is 2.07. The van der Waals surface area contributed by atoms with Crippen LogP contribution in [0.5, 0.6) is 5.75 Å². The molecule has 0 atom stereocenters. The summed E-state index contributed by atoms with van der Waals surface area (Å²) in [4.78, 5) is 19.1. The van der Waals surface area contributed by atoms with Gasteiger partial charge in [0.05, 0.1) is 23.5 Å². The Kier molecular flexibility index (Phi) is 2.30. The Morgan fingerprint density at radius 2 is 2.00 bits per heavy atom. The van der Waals surface area contributed by atoms with Crippen LogP contribution in [0.25, 0.3) is 21.8 Å². The number of ether oxygens (including phenoxy) is 1. The van der Waals surface area contributed by atoms with E-state index in [0.717, 1.165) is 22.3 Å². The minimum Gasteiger partial charge on any atom is -0.497 e. The molecule has 3 rings (SSSR count). The lowest BCUT2D eigenvalue weighted by atomic mass is 10.1. The van der Waals surface area contributed by atoms with Crippen molar-refractivity contribution in [2.75, 3.05) is 7.11 Å². The second kappa shape index (κ2) is 3.84. The van der Waals surface area contributed by atoms with Crippen LogP contribution in [0.15, 0.2) is 35.1 Å². The fraction of sp³-hybridized carbons (Fsp3) is 0.143. The lowest BCUT2D eigenvalue weighted by molar-refractivity contribution is 0.415. The first kappa shape index (κ1) is 10.8. The number of aromatic amines is 1. The average molecular weight is 240 g/mol. The zero-order chi connectivity index (χ0) is 12.7. The van der Waals surface area contributed by atoms with Gasteiger partial charge in [-0.25, -0.2) is 4.98 Å². The lowest BCUT2D eigenvalue weighted by Crippen LogP contribution is -2.08. The smallest absolute Gasteiger partial charge is 0.257 e. The summed E-state index contributed by atoms with van der Waals surface area (Å²) in [7, 11) is 1.62. The summed E-state index contributed by atoms with van der Waals surface area (Å²) in [5.41, 5.74) is 2.24. The Morgan fingerprint density at radius 1 is 1.17 bits per heavy atom. The van der Waals surface area contributed by atoms with Crippen molar-refractivity contribution >= 4 is 21.8 Å². The Hall–Kier alpha value is -2.36. The van der Waals surface area contributed by atoms with Crippen LogP contribution in [0.3, 0.4) is 0 Å². The minimum absolute atomic E-state index is 0.102. The SMILES string of the molecule is COc1ccc2cc3c(=O)[nH]c(C)cc3nc2c1. The van der Waals surface area contributed by atoms with E-state index in [0.29, 0.717) is 10.9 Å². The van der Waals surface area contributed by atoms with E-state index < -0.39 is 0 Å². The first-order valence-corrected chi connectivity index (χ1v) is 5.66. The van der Waals surface area contributed by atoms with E-state index >= 15 is 0 Å². The zero-order valence-electron chi connectivity index (χ0n) is 10.2. The standard InChI is InChI=1S/C14H12N2O2/c1-8-5-13-11(14(17)15-8)6-9-3-4-10(18-2)7-12(9)16-13/h3-7H,1-2H3,(H,15,17). The van der Waals surface area contributed by atoms with Gasteiger partial charge < -0.3 is 9.72 Å². The van der Waals surface area contributed by atoms with Crippen molar-refractivity contribution in [3.05, 3.63) is 46.4 Å². The maximum Gasteiger partial charge on any atom is 0.257 e. The van der Waals surface area contributed by atoms with E-state index in [1.54, 1.807) is 7.11 Å². The molecule has 0 unspecified atom stereocenters. The van der Waals surface area contributed by atoms with Crippen LogP contribution >= 0.6 is 0 Å². The molecule has 1 aromatic carbocycles. The molecule has 0 bridgehead atoms. The van der Waals surface area contributed by atoms with E-state index in [2.05, 4.69) is 9.97 Å². The molecule has 0 saturated carbocycles. The molecule has 18 heavy (non-hydrogen) atoms. The molecule has 90 valence electrons. The highest BCUT2D eigenvalue weighted by Gasteiger charge is 2.05. The molecule has 3 aromatic rings. The van der Waals surface area contributed by atoms with Crippen molar-refractivity contribution in [2.45, 2.75) is 6.92 Å². The summed E-state index contributed by atoms with van der Waals surface area (Å²) in [6, 6.07) is 9.36. The zero-order valence-corrected chi connectivity index (χ0v) is 10.2. The van der Waals surface area contributed by atoms with Gasteiger partial charge in [-0.2, -0.15) is 0 Å². The molecule has 4 heteroatoms. The summed E-state index contributed by atoms with van der Waals surface area (Å²) in [5, 5.41) is 1.54. The number of pyridine rings is 2. The molecule has 0 aliphatic carbocycles. The third-order valence-corrected chi connectivity index (χ3v) is 2.96. The first-order valence-electron chi connectivity index (χ1n) is 5.66. The van der Waals surface area contributed by atoms with Crippen LogP contribution in [0, 0.1) is 6.92 Å². The van der Waals surface area contributed by atoms with Gasteiger partial charge in [0.2, 0.25) is 0 Å². The number of hydrogen-bond donors (Lipinski definition) is 1. The van der Waals surface area contributed by atoms with Crippen molar-refractivity contribution in [3.63, 3.8) is 0 Å². The Labute approximate surface area is 103 Å². The number of nitrogens with one attached hydrogen (secondary N) is 1. The highest BCUT2D eigenvalue weighted by molar-refractivity contribution is 5.92. The molecule has 2 heterocycles. The van der Waals surface area contributed by atoms with Crippen LogP contribution in [-0.2, 0) is 0 Å². The monoisotopic (exact) mass is 240 g/mol. The van der Waals surface area contributed by atoms with Crippen LogP contribution < -0.4 is 10.3 Å². The van der Waals surface area contributed by atoms with E-state index in [9.17, 15) is 4.79 Å². The number of methoxy groups -OCH3 is 1. The molecule has 0 aliphatic rings. The van der Waals surface area contributed by atoms with Gasteiger partial charge in [-0.1, -0.05) is 0 Å². The van der Waals surface area contributed by atoms with Crippen LogP contribution in [-0.4, -0.2) is 17.1 Å². The molecule has 2 aromatic heterocycles. The Bertz CT molecular complexity index is 806. The third kappa shape index (κ3) is 1.62. The van der Waals surface area contributed by atoms with E-state index in [4.69, 9.17) is 4.74 Å². The van der Waals surface area contributed by atoms with Gasteiger partial charge in [0, 0.05) is 17.1 Å². The number of H-pyrrole nitrogens is 1. The molecule has 0 radical (unpaired) electrons. The topological polar surface area (TPSA) is 55.0 Å². The highest BCUT2D eigenvalue weighted by atomic mass is 16.5. The summed E-state index contributed by atoms with van der Waals surface area (Å²) >= 11 is 0. The first-order chi connectivity index (χ1) is 8.67. The quantitative estimate of drug-likeness (QED) is 0.664. The summed E-state index contributed by atoms with van der Waals surface area (Å²) in [6.45, 7) is 1.85. The average Bonchev–Trinajstić information content (AvgIpc) is 2.36. The Morgan fingerprint density at radius 3 is 2.78 bits per heavy atom. The van der Waals surface area contributed by atoms with Gasteiger partial charge >= 0.3 is 0 Å². The second-order valence-corrected chi connectivity index (χ2v) is 4.26. The van der Waals surface area contributed by atoms with Gasteiger partial charge in [0.1, 0.15) is 5.75 Å². The molecule has 0 amide bonds. The fourth-order valence-electron chi connectivity index (χ4n) is 2.07. The predicted molar refractivity (Wildman–Crippen MR) is 71.2 cm³/mol. The van der Waals surface area contributed by atoms with Gasteiger partial charge in [-0.05, 0) is 31.2 Å². The van der Waals surface area contributed by atoms with Gasteiger partial charge in [0.25, 0.3) is 5.56 Å². The number of aryl methyl sites for hydroxylation is 1. The molecule has 4 nitrogen and oxygen atoms in total. The summed E-state index contributed by atoms with van der Waals surface area (Å²) < 4.78 is 5.17. The van der Waals surface area contributed by atoms with Crippen molar-refractivity contribution in [3.8, 4) is 5.75 Å². The molecule has 0 spiro atoms. The summed E-state index contributed by atoms with van der Waals surface area (Å²) in [6.07, 6.45) is 0. The highest BCUT2D eigenvalue weighted by Crippen LogP contribution is 2.22. The predicted octanol–water partition coefficient (Wildman–Crippen LogP) is 2.39. The van der Waals surface area contributed by atoms with Crippen molar-refractivity contribution in [2.24, 2.45) is 0 Å². The van der Waals surface area contributed by atoms with Gasteiger partial charge in [-0.3, -0.25) is 4.79 Å². The number of fused-ring (bicyclic) bond motifs is 2. The molecule has 1 N–H and O–H groups in total. The van der Waals surface area contributed by atoms with Gasteiger partial charge in [0.15, 0.2) is 0 Å². The van der Waals surface area contributed by atoms with Gasteiger partial charge in [-0.15, -0.1) is 0 Å². The maximum atomic E-state index is 11.8. The maximum absolute atomic E-state index is 11.8. The third-order valence-electron chi connectivity index (χ3n) is 2.96. The largest absolute Gasteiger partial charge is 0.497 e. The number of hydrogen-bond acceptors (Lipinski definition) is 3. The van der Waals surface area contributed by atoms with Crippen LogP contribution in [0.1, 0.15) is 5.69 Å². The minimum atomic E-state index is -0.102. The number of nitrogens with zero attached hydrogens (tertiary/aromatic N) is 1.